The molecule has 1 saturated heterocycles. The first-order valence-electron chi connectivity index (χ1n) is 12.6. The third-order valence-electron chi connectivity index (χ3n) is 7.17. The molecule has 1 aromatic rings. The van der Waals surface area contributed by atoms with Crippen molar-refractivity contribution in [1.29, 1.82) is 0 Å². The molecule has 236 valence electrons. The van der Waals surface area contributed by atoms with E-state index in [1.54, 1.807) is 0 Å². The molecule has 3 aliphatic rings. The average molecular weight is 633 g/mol. The molecule has 8 atom stereocenters. The average Bonchev–Trinajstić information content (AvgIpc) is 3.28. The summed E-state index contributed by atoms with van der Waals surface area (Å²) >= 11 is 0. The third kappa shape index (κ3) is 7.22. The molecular weight excluding hydrogens is 604 g/mol. The second kappa shape index (κ2) is 12.4. The lowest BCUT2D eigenvalue weighted by Gasteiger charge is -2.40. The molecule has 0 spiro atoms. The lowest BCUT2D eigenvalue weighted by Crippen LogP contribution is -3.11. The minimum Gasteiger partial charge on any atom is -0.726 e. The summed E-state index contributed by atoms with van der Waals surface area (Å²) in [6.45, 7) is -1.05. The number of aliphatic hydroxyl groups excluding tert-OH is 3. The highest BCUT2D eigenvalue weighted by Crippen LogP contribution is 2.36. The lowest BCUT2D eigenvalue weighted by atomic mass is 9.99. The number of carboxylic acids is 3. The predicted octanol–water partition coefficient (Wildman–Crippen LogP) is -4.08. The van der Waals surface area contributed by atoms with Crippen molar-refractivity contribution in [2.45, 2.75) is 55.6 Å². The SMILES string of the molecule is O=C(O)C1=CC(=CC[NH+]2c3cc(O)c(OC4OC(COS(=O)(=O)[O-])C(O)C(O)C4O)cc3CC2C(=O)O)CC(C(=O)O)N1. The van der Waals surface area contributed by atoms with Gasteiger partial charge < -0.3 is 55.1 Å². The van der Waals surface area contributed by atoms with Crippen molar-refractivity contribution in [3.63, 3.8) is 0 Å². The minimum absolute atomic E-state index is 0.0342. The van der Waals surface area contributed by atoms with Gasteiger partial charge in [0.25, 0.3) is 0 Å². The van der Waals surface area contributed by atoms with Crippen LogP contribution < -0.4 is 15.0 Å². The molecule has 0 aliphatic carbocycles. The van der Waals surface area contributed by atoms with Gasteiger partial charge in [0.2, 0.25) is 16.7 Å². The molecule has 0 saturated carbocycles. The zero-order chi connectivity index (χ0) is 31.8. The van der Waals surface area contributed by atoms with Crippen LogP contribution in [0.3, 0.4) is 0 Å². The van der Waals surface area contributed by atoms with Crippen LogP contribution in [0.5, 0.6) is 11.5 Å². The van der Waals surface area contributed by atoms with Crippen molar-refractivity contribution in [2.75, 3.05) is 13.2 Å². The largest absolute Gasteiger partial charge is 0.726 e. The molecule has 8 unspecified atom stereocenters. The Morgan fingerprint density at radius 3 is 2.37 bits per heavy atom. The van der Waals surface area contributed by atoms with E-state index in [-0.39, 0.29) is 30.8 Å². The number of allylic oxidation sites excluding steroid dienone is 1. The maximum absolute atomic E-state index is 12.1. The smallest absolute Gasteiger partial charge is 0.363 e. The molecule has 3 heterocycles. The third-order valence-corrected chi connectivity index (χ3v) is 7.60. The summed E-state index contributed by atoms with van der Waals surface area (Å²) < 4.78 is 47.2. The van der Waals surface area contributed by atoms with Crippen molar-refractivity contribution < 1.29 is 81.7 Å². The maximum Gasteiger partial charge on any atom is 0.363 e. The standard InChI is InChI=1S/C24H28N2O16S/c27-15-7-13-10(6-16(15)41-24-20(30)19(29)18(28)17(42-24)8-40-43(37,38)39)5-14(23(35)36)26(13)2-1-9-3-11(21(31)32)25-12(4-9)22(33)34/h1,3,6-7,12,14,17-20,24-25,27-30H,2,4-5,8H2,(H,31,32)(H,33,34)(H,35,36)(H,37,38,39). The first-order chi connectivity index (χ1) is 20.1. The summed E-state index contributed by atoms with van der Waals surface area (Å²) in [6, 6.07) is 0.156. The fourth-order valence-corrected chi connectivity index (χ4v) is 5.34. The Morgan fingerprint density at radius 2 is 1.77 bits per heavy atom. The van der Waals surface area contributed by atoms with Crippen LogP contribution in [0.1, 0.15) is 12.0 Å². The fourth-order valence-electron chi connectivity index (χ4n) is 5.04. The van der Waals surface area contributed by atoms with Crippen LogP contribution in [-0.2, 0) is 40.1 Å². The van der Waals surface area contributed by atoms with E-state index in [0.29, 0.717) is 21.7 Å². The Balaban J connectivity index is 1.57. The Morgan fingerprint density at radius 1 is 1.07 bits per heavy atom. The number of hydrogen-bond donors (Lipinski definition) is 9. The van der Waals surface area contributed by atoms with Crippen molar-refractivity contribution in [3.05, 3.63) is 41.1 Å². The van der Waals surface area contributed by atoms with Gasteiger partial charge in [-0.05, 0) is 23.8 Å². The highest BCUT2D eigenvalue weighted by atomic mass is 32.3. The number of hydrogen-bond acceptors (Lipinski definition) is 14. The van der Waals surface area contributed by atoms with Gasteiger partial charge >= 0.3 is 17.9 Å². The van der Waals surface area contributed by atoms with Gasteiger partial charge in [0.05, 0.1) is 6.61 Å². The van der Waals surface area contributed by atoms with E-state index >= 15 is 0 Å². The summed E-state index contributed by atoms with van der Waals surface area (Å²) in [5, 5.41) is 72.1. The number of ether oxygens (including phenoxy) is 2. The predicted molar refractivity (Wildman–Crippen MR) is 135 cm³/mol. The number of aliphatic hydroxyl groups is 3. The Labute approximate surface area is 242 Å². The molecule has 43 heavy (non-hydrogen) atoms. The van der Waals surface area contributed by atoms with Gasteiger partial charge in [0, 0.05) is 24.5 Å². The minimum atomic E-state index is -5.19. The molecule has 3 aliphatic heterocycles. The van der Waals surface area contributed by atoms with Crippen LogP contribution in [0, 0.1) is 0 Å². The van der Waals surface area contributed by atoms with Crippen molar-refractivity contribution in [2.24, 2.45) is 0 Å². The van der Waals surface area contributed by atoms with Crippen LogP contribution in [0.2, 0.25) is 0 Å². The molecule has 0 amide bonds. The molecule has 4 rings (SSSR count). The maximum atomic E-state index is 12.1. The normalized spacial score (nSPS) is 31.5. The van der Waals surface area contributed by atoms with Crippen LogP contribution in [0.25, 0.3) is 0 Å². The number of carbonyl (C=O) groups is 3. The molecule has 1 fully saturated rings. The lowest BCUT2D eigenvalue weighted by molar-refractivity contribution is -0.838. The first kappa shape index (κ1) is 32.1. The number of phenols is 1. The number of aromatic hydroxyl groups is 1. The second-order valence-electron chi connectivity index (χ2n) is 10.0. The Kier molecular flexibility index (Phi) is 9.27. The van der Waals surface area contributed by atoms with E-state index in [9.17, 15) is 63.1 Å². The molecule has 1 aromatic carbocycles. The highest BCUT2D eigenvalue weighted by molar-refractivity contribution is 7.80. The van der Waals surface area contributed by atoms with Gasteiger partial charge in [-0.25, -0.2) is 22.8 Å². The quantitative estimate of drug-likeness (QED) is 0.0875. The number of rotatable bonds is 10. The Bertz CT molecular complexity index is 1460. The summed E-state index contributed by atoms with van der Waals surface area (Å²) in [5.74, 6) is -4.74. The summed E-state index contributed by atoms with van der Waals surface area (Å²) in [6.07, 6.45) is -6.55. The summed E-state index contributed by atoms with van der Waals surface area (Å²) in [5.41, 5.74) is 0.703. The van der Waals surface area contributed by atoms with Crippen LogP contribution in [0.4, 0.5) is 5.69 Å². The van der Waals surface area contributed by atoms with Gasteiger partial charge in [-0.1, -0.05) is 0 Å². The van der Waals surface area contributed by atoms with Crippen LogP contribution in [-0.4, -0.2) is 123 Å². The Hall–Kier alpha value is -3.82. The number of carboxylic acid groups (broad SMARTS) is 3. The fraction of sp³-hybridized carbons (Fsp3) is 0.458. The van der Waals surface area contributed by atoms with Gasteiger partial charge in [-0.3, -0.25) is 9.08 Å². The van der Waals surface area contributed by atoms with E-state index < -0.39 is 83.5 Å². The number of fused-ring (bicyclic) bond motifs is 1. The number of nitrogens with one attached hydrogen (secondary N) is 2. The van der Waals surface area contributed by atoms with E-state index in [1.165, 1.54) is 24.3 Å². The summed E-state index contributed by atoms with van der Waals surface area (Å²) in [4.78, 5) is 35.3. The summed E-state index contributed by atoms with van der Waals surface area (Å²) in [7, 11) is -5.19. The van der Waals surface area contributed by atoms with Crippen LogP contribution in [0.15, 0.2) is 35.6 Å². The first-order valence-corrected chi connectivity index (χ1v) is 13.9. The monoisotopic (exact) mass is 632 g/mol. The van der Waals surface area contributed by atoms with E-state index in [0.717, 1.165) is 0 Å². The topological polar surface area (TPSA) is 294 Å². The van der Waals surface area contributed by atoms with Gasteiger partial charge in [-0.15, -0.1) is 0 Å². The highest BCUT2D eigenvalue weighted by Gasteiger charge is 2.46. The molecular formula is C24H28N2O16S. The number of aliphatic carboxylic acids is 3. The van der Waals surface area contributed by atoms with Gasteiger partial charge in [-0.2, -0.15) is 0 Å². The van der Waals surface area contributed by atoms with E-state index in [2.05, 4.69) is 9.50 Å². The van der Waals surface area contributed by atoms with E-state index in [4.69, 9.17) is 9.47 Å². The molecule has 9 N–H and O–H groups in total. The second-order valence-corrected chi connectivity index (χ2v) is 11.1. The zero-order valence-corrected chi connectivity index (χ0v) is 22.7. The molecule has 0 bridgehead atoms. The van der Waals surface area contributed by atoms with Crippen molar-refractivity contribution in [1.82, 2.24) is 5.32 Å². The zero-order valence-electron chi connectivity index (χ0n) is 21.9. The van der Waals surface area contributed by atoms with Crippen molar-refractivity contribution >= 4 is 34.0 Å². The molecule has 18 nitrogen and oxygen atoms in total. The number of quaternary nitrogens is 1. The van der Waals surface area contributed by atoms with Gasteiger partial charge in [0.1, 0.15) is 48.4 Å². The van der Waals surface area contributed by atoms with Crippen LogP contribution >= 0.6 is 0 Å². The van der Waals surface area contributed by atoms with Gasteiger partial charge in [0.15, 0.2) is 17.5 Å². The van der Waals surface area contributed by atoms with E-state index in [1.807, 2.05) is 0 Å². The molecule has 0 aromatic heterocycles. The van der Waals surface area contributed by atoms with Crippen molar-refractivity contribution in [3.8, 4) is 11.5 Å². The number of benzene rings is 1. The number of phenolic OH excluding ortho intramolecular Hbond substituents is 1. The molecule has 0 radical (unpaired) electrons. The molecule has 19 heteroatoms.